The molecule has 1 saturated carbocycles. The van der Waals surface area contributed by atoms with Crippen molar-refractivity contribution in [3.8, 4) is 0 Å². The fourth-order valence-corrected chi connectivity index (χ4v) is 5.36. The largest absolute Gasteiger partial charge is 0.598 e. The van der Waals surface area contributed by atoms with Crippen molar-refractivity contribution in [2.24, 2.45) is 5.92 Å². The van der Waals surface area contributed by atoms with Gasteiger partial charge in [-0.1, -0.05) is 20.8 Å². The van der Waals surface area contributed by atoms with Gasteiger partial charge in [-0.15, -0.1) is 4.72 Å². The first-order valence-electron chi connectivity index (χ1n) is 9.54. The zero-order valence-electron chi connectivity index (χ0n) is 17.8. The topological polar surface area (TPSA) is 70.1 Å². The van der Waals surface area contributed by atoms with Crippen LogP contribution in [0.15, 0.2) is 17.0 Å². The second kappa shape index (κ2) is 8.40. The van der Waals surface area contributed by atoms with Crippen molar-refractivity contribution in [3.63, 3.8) is 0 Å². The lowest BCUT2D eigenvalue weighted by Crippen LogP contribution is -2.51. The normalized spacial score (nSPS) is 23.6. The fourth-order valence-electron chi connectivity index (χ4n) is 2.76. The number of halogens is 1. The van der Waals surface area contributed by atoms with Crippen molar-refractivity contribution in [2.45, 2.75) is 89.4 Å². The van der Waals surface area contributed by atoms with Crippen LogP contribution in [0.2, 0.25) is 18.1 Å². The van der Waals surface area contributed by atoms with Gasteiger partial charge in [-0.2, -0.15) is 0 Å². The Morgan fingerprint density at radius 2 is 1.81 bits per heavy atom. The minimum absolute atomic E-state index is 0.0886. The molecule has 0 aromatic carbocycles. The first-order valence-corrected chi connectivity index (χ1v) is 14.4. The lowest BCUT2D eigenvalue weighted by Gasteiger charge is -2.46. The summed E-state index contributed by atoms with van der Waals surface area (Å²) in [6, 6.07) is -0.0886. The molecule has 5 nitrogen and oxygen atoms in total. The van der Waals surface area contributed by atoms with Gasteiger partial charge < -0.3 is 8.98 Å². The van der Waals surface area contributed by atoms with Crippen LogP contribution < -0.4 is 4.72 Å². The van der Waals surface area contributed by atoms with Crippen LogP contribution in [0.4, 0.5) is 0 Å². The maximum absolute atomic E-state index is 12.7. The van der Waals surface area contributed by atoms with Crippen LogP contribution in [0.5, 0.6) is 0 Å². The predicted molar refractivity (Wildman–Crippen MR) is 118 cm³/mol. The smallest absolute Gasteiger partial charge is 0.192 e. The Kier molecular flexibility index (Phi) is 7.24. The zero-order chi connectivity index (χ0) is 20.6. The highest BCUT2D eigenvalue weighted by Gasteiger charge is 2.46. The van der Waals surface area contributed by atoms with E-state index in [2.05, 4.69) is 64.5 Å². The van der Waals surface area contributed by atoms with Crippen LogP contribution in [0.1, 0.15) is 66.1 Å². The molecule has 1 fully saturated rings. The van der Waals surface area contributed by atoms with Gasteiger partial charge >= 0.3 is 0 Å². The second-order valence-electron chi connectivity index (χ2n) is 9.97. The van der Waals surface area contributed by atoms with Gasteiger partial charge in [0.2, 0.25) is 0 Å². The Labute approximate surface area is 177 Å². The van der Waals surface area contributed by atoms with Crippen molar-refractivity contribution < 1.29 is 8.98 Å². The number of nitrogens with one attached hydrogen (secondary N) is 1. The van der Waals surface area contributed by atoms with E-state index in [1.54, 1.807) is 12.4 Å². The maximum Gasteiger partial charge on any atom is 0.192 e. The lowest BCUT2D eigenvalue weighted by atomic mass is 9.76. The standard InChI is InChI=1S/C19H34BrN3O2SSi/c1-18(2,3)26(24)23-17(15-11-21-12-16(20)22-15)13-9-14(10-13)25-27(7,8)19(4,5)6/h11-14,17,23H,9-10H2,1-8H3/t13-,14+,17-,26+/m0/s1. The van der Waals surface area contributed by atoms with Crippen molar-refractivity contribution >= 4 is 35.6 Å². The first kappa shape index (κ1) is 23.3. The highest BCUT2D eigenvalue weighted by Crippen LogP contribution is 2.45. The predicted octanol–water partition coefficient (Wildman–Crippen LogP) is 5.13. The summed E-state index contributed by atoms with van der Waals surface area (Å²) in [6.45, 7) is 17.3. The quantitative estimate of drug-likeness (QED) is 0.455. The summed E-state index contributed by atoms with van der Waals surface area (Å²) in [4.78, 5) is 8.83. The molecule has 0 aliphatic heterocycles. The molecular weight excluding hydrogens is 442 g/mol. The van der Waals surface area contributed by atoms with E-state index in [1.807, 2.05) is 20.8 Å². The van der Waals surface area contributed by atoms with Crippen LogP contribution in [-0.4, -0.2) is 33.7 Å². The van der Waals surface area contributed by atoms with E-state index in [1.165, 1.54) is 0 Å². The number of aromatic nitrogens is 2. The average Bonchev–Trinajstić information content (AvgIpc) is 2.46. The van der Waals surface area contributed by atoms with Crippen LogP contribution in [-0.2, 0) is 15.8 Å². The van der Waals surface area contributed by atoms with Gasteiger partial charge in [0, 0.05) is 17.5 Å². The Bertz CT molecular complexity index is 643. The minimum atomic E-state index is -1.77. The number of hydrogen-bond acceptors (Lipinski definition) is 5. The Morgan fingerprint density at radius 3 is 2.30 bits per heavy atom. The number of nitrogens with zero attached hydrogens (tertiary/aromatic N) is 2. The Hall–Kier alpha value is 0.00688. The number of rotatable bonds is 6. The molecule has 2 atom stereocenters. The van der Waals surface area contributed by atoms with Crippen molar-refractivity contribution in [1.29, 1.82) is 0 Å². The van der Waals surface area contributed by atoms with Gasteiger partial charge in [0.25, 0.3) is 0 Å². The summed E-state index contributed by atoms with van der Waals surface area (Å²) in [5.74, 6) is 0.342. The summed E-state index contributed by atoms with van der Waals surface area (Å²) in [7, 11) is -1.77. The third-order valence-electron chi connectivity index (χ3n) is 5.60. The molecule has 8 heteroatoms. The molecule has 0 unspecified atom stereocenters. The second-order valence-corrected chi connectivity index (χ2v) is 17.5. The highest BCUT2D eigenvalue weighted by molar-refractivity contribution is 9.10. The van der Waals surface area contributed by atoms with Crippen LogP contribution in [0, 0.1) is 5.92 Å². The SMILES string of the molecule is CC(C)(C)[S@@+]([O-])N[C@H](c1cncc(Br)n1)[C@H]1C[C@@H](O[Si](C)(C)C(C)(C)C)C1. The first-order chi connectivity index (χ1) is 12.2. The third kappa shape index (κ3) is 5.99. The number of hydrogen-bond donors (Lipinski definition) is 1. The van der Waals surface area contributed by atoms with E-state index >= 15 is 0 Å². The molecule has 27 heavy (non-hydrogen) atoms. The van der Waals surface area contributed by atoms with E-state index in [-0.39, 0.29) is 21.9 Å². The molecule has 1 N–H and O–H groups in total. The van der Waals surface area contributed by atoms with Gasteiger partial charge in [0.05, 0.1) is 24.1 Å². The van der Waals surface area contributed by atoms with Crippen molar-refractivity contribution in [2.75, 3.05) is 0 Å². The molecule has 0 saturated heterocycles. The molecule has 0 bridgehead atoms. The summed E-state index contributed by atoms with van der Waals surface area (Å²) >= 11 is 2.23. The molecule has 2 rings (SSSR count). The Balaban J connectivity index is 2.10. The van der Waals surface area contributed by atoms with Gasteiger partial charge in [0.15, 0.2) is 8.32 Å². The molecule has 154 valence electrons. The van der Waals surface area contributed by atoms with Crippen molar-refractivity contribution in [1.82, 2.24) is 14.7 Å². The van der Waals surface area contributed by atoms with E-state index < -0.39 is 19.7 Å². The van der Waals surface area contributed by atoms with E-state index in [9.17, 15) is 4.55 Å². The summed E-state index contributed by atoms with van der Waals surface area (Å²) < 4.78 is 23.0. The van der Waals surface area contributed by atoms with Gasteiger partial charge in [-0.05, 0) is 73.6 Å². The molecule has 0 radical (unpaired) electrons. The maximum atomic E-state index is 12.7. The van der Waals surface area contributed by atoms with E-state index in [0.29, 0.717) is 10.5 Å². The highest BCUT2D eigenvalue weighted by atomic mass is 79.9. The molecule has 0 spiro atoms. The summed E-state index contributed by atoms with van der Waals surface area (Å²) in [5, 5.41) is 0.208. The van der Waals surface area contributed by atoms with E-state index in [4.69, 9.17) is 4.43 Å². The molecule has 0 amide bonds. The van der Waals surface area contributed by atoms with Crippen LogP contribution >= 0.6 is 15.9 Å². The third-order valence-corrected chi connectivity index (χ3v) is 12.1. The molecule has 1 heterocycles. The summed E-state index contributed by atoms with van der Waals surface area (Å²) in [5.41, 5.74) is 0.831. The lowest BCUT2D eigenvalue weighted by molar-refractivity contribution is 0.0364. The average molecular weight is 477 g/mol. The van der Waals surface area contributed by atoms with E-state index in [0.717, 1.165) is 18.5 Å². The Morgan fingerprint density at radius 1 is 1.22 bits per heavy atom. The minimum Gasteiger partial charge on any atom is -0.598 e. The van der Waals surface area contributed by atoms with Gasteiger partial charge in [0.1, 0.15) is 9.35 Å². The van der Waals surface area contributed by atoms with Crippen molar-refractivity contribution in [3.05, 3.63) is 22.7 Å². The van der Waals surface area contributed by atoms with Gasteiger partial charge in [-0.25, -0.2) is 4.98 Å². The molecule has 1 aromatic rings. The van der Waals surface area contributed by atoms with Crippen LogP contribution in [0.25, 0.3) is 0 Å². The fraction of sp³-hybridized carbons (Fsp3) is 0.789. The molecule has 1 aliphatic rings. The molecular formula is C19H34BrN3O2SSi. The van der Waals surface area contributed by atoms with Gasteiger partial charge in [-0.3, -0.25) is 4.98 Å². The summed E-state index contributed by atoms with van der Waals surface area (Å²) in [6.07, 6.45) is 5.64. The monoisotopic (exact) mass is 475 g/mol. The molecule has 1 aliphatic carbocycles. The zero-order valence-corrected chi connectivity index (χ0v) is 21.2. The van der Waals surface area contributed by atoms with Crippen LogP contribution in [0.3, 0.4) is 0 Å². The molecule has 1 aromatic heterocycles.